The second-order valence-corrected chi connectivity index (χ2v) is 6.55. The van der Waals surface area contributed by atoms with E-state index in [2.05, 4.69) is 20.2 Å². The first-order valence-corrected chi connectivity index (χ1v) is 8.09. The third-order valence-electron chi connectivity index (χ3n) is 3.43. The summed E-state index contributed by atoms with van der Waals surface area (Å²) >= 11 is 1.52. The van der Waals surface area contributed by atoms with Crippen molar-refractivity contribution in [3.8, 4) is 0 Å². The highest BCUT2D eigenvalue weighted by molar-refractivity contribution is 7.99. The molecule has 0 spiro atoms. The fraction of sp³-hybridized carbons (Fsp3) is 0.267. The molecule has 1 unspecified atom stereocenters. The highest BCUT2D eigenvalue weighted by Crippen LogP contribution is 2.34. The Balaban J connectivity index is 1.84. The zero-order valence-electron chi connectivity index (χ0n) is 12.9. The zero-order valence-corrected chi connectivity index (χ0v) is 13.7. The largest absolute Gasteiger partial charge is 0.338 e. The number of para-hydroxylation sites is 1. The number of fused-ring (bicyclic) bond motifs is 3. The lowest BCUT2D eigenvalue weighted by Gasteiger charge is -2.08. The molecule has 0 aliphatic heterocycles. The van der Waals surface area contributed by atoms with Gasteiger partial charge in [0.25, 0.3) is 0 Å². The molecule has 116 valence electrons. The zero-order chi connectivity index (χ0) is 16.0. The van der Waals surface area contributed by atoms with Crippen molar-refractivity contribution in [2.24, 2.45) is 0 Å². The van der Waals surface area contributed by atoms with E-state index >= 15 is 0 Å². The Labute approximate surface area is 136 Å². The van der Waals surface area contributed by atoms with E-state index in [1.54, 1.807) is 11.4 Å². The van der Waals surface area contributed by atoms with E-state index in [0.717, 1.165) is 21.7 Å². The van der Waals surface area contributed by atoms with E-state index in [1.807, 2.05) is 38.1 Å². The van der Waals surface area contributed by atoms with Crippen LogP contribution in [-0.4, -0.2) is 29.7 Å². The van der Waals surface area contributed by atoms with Crippen LogP contribution < -0.4 is 0 Å². The summed E-state index contributed by atoms with van der Waals surface area (Å²) in [4.78, 5) is 13.5. The summed E-state index contributed by atoms with van der Waals surface area (Å²) in [5.41, 5.74) is 1.70. The molecular formula is C15H14N6OS. The van der Waals surface area contributed by atoms with Crippen LogP contribution in [0.5, 0.6) is 0 Å². The minimum absolute atomic E-state index is 0.0300. The van der Waals surface area contributed by atoms with Gasteiger partial charge in [-0.2, -0.15) is 9.50 Å². The molecule has 1 aromatic carbocycles. The molecule has 0 amide bonds. The van der Waals surface area contributed by atoms with Gasteiger partial charge in [-0.1, -0.05) is 29.1 Å². The number of nitrogens with zero attached hydrogens (tertiary/aromatic N) is 6. The molecule has 4 rings (SSSR count). The van der Waals surface area contributed by atoms with Crippen LogP contribution in [0.15, 0.2) is 33.9 Å². The molecule has 0 saturated carbocycles. The van der Waals surface area contributed by atoms with Crippen LogP contribution in [0.2, 0.25) is 0 Å². The van der Waals surface area contributed by atoms with Crippen molar-refractivity contribution in [3.63, 3.8) is 0 Å². The maximum atomic E-state index is 5.25. The van der Waals surface area contributed by atoms with Gasteiger partial charge in [0.05, 0.1) is 10.8 Å². The van der Waals surface area contributed by atoms with Gasteiger partial charge in [0.2, 0.25) is 5.89 Å². The highest BCUT2D eigenvalue weighted by Gasteiger charge is 2.19. The molecule has 7 nitrogen and oxygen atoms in total. The number of benzene rings is 1. The Hall–Kier alpha value is -2.48. The molecule has 8 heteroatoms. The monoisotopic (exact) mass is 326 g/mol. The van der Waals surface area contributed by atoms with E-state index in [4.69, 9.17) is 9.51 Å². The second kappa shape index (κ2) is 5.31. The number of aryl methyl sites for hydroxylation is 2. The summed E-state index contributed by atoms with van der Waals surface area (Å²) < 4.78 is 7.03. The van der Waals surface area contributed by atoms with Crippen molar-refractivity contribution < 1.29 is 4.52 Å². The van der Waals surface area contributed by atoms with E-state index in [9.17, 15) is 0 Å². The maximum absolute atomic E-state index is 5.25. The number of hydrogen-bond donors (Lipinski definition) is 0. The fourth-order valence-corrected chi connectivity index (χ4v) is 3.29. The maximum Gasteiger partial charge on any atom is 0.239 e. The number of aromatic nitrogens is 6. The molecule has 0 aliphatic carbocycles. The molecule has 4 aromatic rings. The summed E-state index contributed by atoms with van der Waals surface area (Å²) in [6.07, 6.45) is 0. The van der Waals surface area contributed by atoms with E-state index < -0.39 is 0 Å². The van der Waals surface area contributed by atoms with Crippen LogP contribution in [-0.2, 0) is 0 Å². The molecule has 3 aromatic heterocycles. The first-order valence-electron chi connectivity index (χ1n) is 7.21. The minimum Gasteiger partial charge on any atom is -0.338 e. The van der Waals surface area contributed by atoms with Crippen LogP contribution >= 0.6 is 11.8 Å². The topological polar surface area (TPSA) is 82.0 Å². The molecule has 0 fully saturated rings. The molecule has 3 heterocycles. The van der Waals surface area contributed by atoms with Crippen molar-refractivity contribution in [2.75, 3.05) is 0 Å². The van der Waals surface area contributed by atoms with Crippen LogP contribution in [0, 0.1) is 13.8 Å². The second-order valence-electron chi connectivity index (χ2n) is 5.25. The lowest BCUT2D eigenvalue weighted by Crippen LogP contribution is -2.00. The van der Waals surface area contributed by atoms with Gasteiger partial charge in [-0.15, -0.1) is 5.10 Å². The van der Waals surface area contributed by atoms with Crippen molar-refractivity contribution >= 4 is 28.3 Å². The van der Waals surface area contributed by atoms with Gasteiger partial charge in [0.15, 0.2) is 16.6 Å². The molecule has 0 N–H and O–H groups in total. The third kappa shape index (κ3) is 2.44. The summed E-state index contributed by atoms with van der Waals surface area (Å²) in [6, 6.07) is 7.93. The SMILES string of the molecule is Cc1noc(C(C)Sc2nc3ccccc3c3nc(C)nn23)n1. The molecular weight excluding hydrogens is 312 g/mol. The average molecular weight is 326 g/mol. The van der Waals surface area contributed by atoms with Crippen molar-refractivity contribution in [1.29, 1.82) is 0 Å². The average Bonchev–Trinajstić information content (AvgIpc) is 3.13. The predicted octanol–water partition coefficient (Wildman–Crippen LogP) is 3.13. The van der Waals surface area contributed by atoms with Gasteiger partial charge in [0, 0.05) is 5.39 Å². The Morgan fingerprint density at radius 2 is 1.91 bits per heavy atom. The van der Waals surface area contributed by atoms with Gasteiger partial charge in [-0.05, 0) is 32.9 Å². The van der Waals surface area contributed by atoms with Gasteiger partial charge in [0.1, 0.15) is 5.82 Å². The van der Waals surface area contributed by atoms with E-state index in [1.165, 1.54) is 11.8 Å². The van der Waals surface area contributed by atoms with Gasteiger partial charge < -0.3 is 4.52 Å². The molecule has 0 radical (unpaired) electrons. The summed E-state index contributed by atoms with van der Waals surface area (Å²) in [5.74, 6) is 1.92. The molecule has 0 aliphatic rings. The Bertz CT molecular complexity index is 1010. The lowest BCUT2D eigenvalue weighted by molar-refractivity contribution is 0.376. The fourth-order valence-electron chi connectivity index (χ4n) is 2.40. The first kappa shape index (κ1) is 14.1. The quantitative estimate of drug-likeness (QED) is 0.422. The van der Waals surface area contributed by atoms with Gasteiger partial charge in [-0.25, -0.2) is 9.97 Å². The minimum atomic E-state index is -0.0300. The van der Waals surface area contributed by atoms with Gasteiger partial charge >= 0.3 is 0 Å². The predicted molar refractivity (Wildman–Crippen MR) is 86.3 cm³/mol. The summed E-state index contributed by atoms with van der Waals surface area (Å²) in [5, 5.41) is 10.0. The number of thioether (sulfide) groups is 1. The Morgan fingerprint density at radius 3 is 2.70 bits per heavy atom. The number of hydrogen-bond acceptors (Lipinski definition) is 7. The molecule has 0 bridgehead atoms. The number of rotatable bonds is 3. The van der Waals surface area contributed by atoms with E-state index in [0.29, 0.717) is 17.5 Å². The smallest absolute Gasteiger partial charge is 0.239 e. The normalized spacial score (nSPS) is 13.0. The van der Waals surface area contributed by atoms with Crippen molar-refractivity contribution in [2.45, 2.75) is 31.2 Å². The molecule has 1 atom stereocenters. The van der Waals surface area contributed by atoms with Crippen LogP contribution in [0.3, 0.4) is 0 Å². The Kier molecular flexibility index (Phi) is 3.26. The van der Waals surface area contributed by atoms with Crippen molar-refractivity contribution in [1.82, 2.24) is 29.7 Å². The highest BCUT2D eigenvalue weighted by atomic mass is 32.2. The molecule has 0 saturated heterocycles. The summed E-state index contributed by atoms with van der Waals surface area (Å²) in [6.45, 7) is 5.68. The van der Waals surface area contributed by atoms with Crippen LogP contribution in [0.4, 0.5) is 0 Å². The Morgan fingerprint density at radius 1 is 1.09 bits per heavy atom. The molecule has 23 heavy (non-hydrogen) atoms. The lowest BCUT2D eigenvalue weighted by atomic mass is 10.2. The van der Waals surface area contributed by atoms with Crippen LogP contribution in [0.1, 0.15) is 29.7 Å². The first-order chi connectivity index (χ1) is 11.1. The van der Waals surface area contributed by atoms with Crippen LogP contribution in [0.25, 0.3) is 16.6 Å². The third-order valence-corrected chi connectivity index (χ3v) is 4.46. The van der Waals surface area contributed by atoms with E-state index in [-0.39, 0.29) is 5.25 Å². The van der Waals surface area contributed by atoms with Gasteiger partial charge in [-0.3, -0.25) is 0 Å². The van der Waals surface area contributed by atoms with Crippen molar-refractivity contribution in [3.05, 3.63) is 41.8 Å². The summed E-state index contributed by atoms with van der Waals surface area (Å²) in [7, 11) is 0. The standard InChI is InChI=1S/C15H14N6OS/c1-8(14-17-10(3)20-22-14)23-15-18-12-7-5-4-6-11(12)13-16-9(2)19-21(13)15/h4-8H,1-3H3.